The minimum Gasteiger partial charge on any atom is -0.307 e. The van der Waals surface area contributed by atoms with Crippen molar-refractivity contribution in [2.24, 2.45) is 0 Å². The van der Waals surface area contributed by atoms with Gasteiger partial charge in [0.15, 0.2) is 5.78 Å². The van der Waals surface area contributed by atoms with Crippen LogP contribution in [0.2, 0.25) is 5.15 Å². The number of anilines is 1. The standard InChI is InChI=1S/C20H15ClN2O2S/c21-18-10-5-11-19(22-18)23-20(25)15-8-4-9-16(12-15)26-13-17(24)14-6-2-1-3-7-14/h1-12H,13H2,(H,22,23,25). The van der Waals surface area contributed by atoms with Crippen LogP contribution < -0.4 is 5.32 Å². The Hall–Kier alpha value is -2.63. The van der Waals surface area contributed by atoms with Crippen molar-refractivity contribution in [3.63, 3.8) is 0 Å². The highest BCUT2D eigenvalue weighted by molar-refractivity contribution is 8.00. The second-order valence-corrected chi connectivity index (χ2v) is 6.84. The summed E-state index contributed by atoms with van der Waals surface area (Å²) in [5.41, 5.74) is 1.17. The number of aromatic nitrogens is 1. The van der Waals surface area contributed by atoms with E-state index >= 15 is 0 Å². The smallest absolute Gasteiger partial charge is 0.256 e. The molecule has 0 radical (unpaired) electrons. The van der Waals surface area contributed by atoms with Crippen LogP contribution in [-0.4, -0.2) is 22.4 Å². The van der Waals surface area contributed by atoms with E-state index in [1.165, 1.54) is 11.8 Å². The Bertz CT molecular complexity index is 932. The molecule has 3 aromatic rings. The molecule has 0 spiro atoms. The number of nitrogens with zero attached hydrogens (tertiary/aromatic N) is 1. The van der Waals surface area contributed by atoms with Crippen LogP contribution in [0.3, 0.4) is 0 Å². The van der Waals surface area contributed by atoms with Gasteiger partial charge in [-0.15, -0.1) is 11.8 Å². The molecule has 0 aliphatic heterocycles. The summed E-state index contributed by atoms with van der Waals surface area (Å²) in [6.45, 7) is 0. The molecule has 0 saturated heterocycles. The quantitative estimate of drug-likeness (QED) is 0.372. The van der Waals surface area contributed by atoms with Gasteiger partial charge in [-0.05, 0) is 30.3 Å². The second kappa shape index (κ2) is 8.65. The van der Waals surface area contributed by atoms with E-state index in [9.17, 15) is 9.59 Å². The summed E-state index contributed by atoms with van der Waals surface area (Å²) in [5, 5.41) is 3.02. The van der Waals surface area contributed by atoms with Crippen LogP contribution in [0.5, 0.6) is 0 Å². The van der Waals surface area contributed by atoms with Gasteiger partial charge in [0.05, 0.1) is 5.75 Å². The van der Waals surface area contributed by atoms with E-state index in [-0.39, 0.29) is 11.7 Å². The fraction of sp³-hybridized carbons (Fsp3) is 0.0500. The molecule has 0 aliphatic rings. The molecule has 3 rings (SSSR count). The number of ketones is 1. The largest absolute Gasteiger partial charge is 0.307 e. The fourth-order valence-electron chi connectivity index (χ4n) is 2.25. The average molecular weight is 383 g/mol. The average Bonchev–Trinajstić information content (AvgIpc) is 2.67. The second-order valence-electron chi connectivity index (χ2n) is 5.41. The molecule has 26 heavy (non-hydrogen) atoms. The number of carbonyl (C=O) groups is 2. The third-order valence-corrected chi connectivity index (χ3v) is 4.72. The molecular formula is C20H15ClN2O2S. The van der Waals surface area contributed by atoms with Crippen LogP contribution in [0, 0.1) is 0 Å². The molecule has 0 atom stereocenters. The summed E-state index contributed by atoms with van der Waals surface area (Å²) in [6.07, 6.45) is 0. The summed E-state index contributed by atoms with van der Waals surface area (Å²) in [7, 11) is 0. The summed E-state index contributed by atoms with van der Waals surface area (Å²) in [6, 6.07) is 21.3. The van der Waals surface area contributed by atoms with E-state index in [0.29, 0.717) is 27.9 Å². The van der Waals surface area contributed by atoms with Crippen LogP contribution >= 0.6 is 23.4 Å². The lowest BCUT2D eigenvalue weighted by atomic mass is 10.2. The van der Waals surface area contributed by atoms with Gasteiger partial charge in [0.1, 0.15) is 11.0 Å². The molecule has 1 N–H and O–H groups in total. The normalized spacial score (nSPS) is 10.3. The van der Waals surface area contributed by atoms with Crippen molar-refractivity contribution in [1.29, 1.82) is 0 Å². The number of hydrogen-bond donors (Lipinski definition) is 1. The molecule has 0 aliphatic carbocycles. The topological polar surface area (TPSA) is 59.1 Å². The van der Waals surface area contributed by atoms with Crippen molar-refractivity contribution in [1.82, 2.24) is 4.98 Å². The number of pyridine rings is 1. The van der Waals surface area contributed by atoms with Gasteiger partial charge in [0.25, 0.3) is 5.91 Å². The van der Waals surface area contributed by atoms with E-state index in [1.807, 2.05) is 24.3 Å². The molecule has 1 amide bonds. The van der Waals surface area contributed by atoms with Gasteiger partial charge >= 0.3 is 0 Å². The first kappa shape index (κ1) is 18.2. The summed E-state index contributed by atoms with van der Waals surface area (Å²) < 4.78 is 0. The van der Waals surface area contributed by atoms with Crippen LogP contribution in [0.4, 0.5) is 5.82 Å². The van der Waals surface area contributed by atoms with Crippen molar-refractivity contribution in [2.45, 2.75) is 4.90 Å². The Morgan fingerprint density at radius 3 is 2.42 bits per heavy atom. The predicted octanol–water partition coefficient (Wildman–Crippen LogP) is 4.96. The number of nitrogens with one attached hydrogen (secondary N) is 1. The highest BCUT2D eigenvalue weighted by Gasteiger charge is 2.10. The third kappa shape index (κ3) is 4.94. The molecule has 4 nitrogen and oxygen atoms in total. The van der Waals surface area contributed by atoms with Gasteiger partial charge < -0.3 is 5.32 Å². The molecule has 0 bridgehead atoms. The number of hydrogen-bond acceptors (Lipinski definition) is 4. The monoisotopic (exact) mass is 382 g/mol. The van der Waals surface area contributed by atoms with Gasteiger partial charge in [-0.2, -0.15) is 0 Å². The molecule has 0 fully saturated rings. The Labute approximate surface area is 160 Å². The first-order chi connectivity index (χ1) is 12.6. The molecule has 130 valence electrons. The SMILES string of the molecule is O=C(CSc1cccc(C(=O)Nc2cccc(Cl)n2)c1)c1ccccc1. The maximum Gasteiger partial charge on any atom is 0.256 e. The summed E-state index contributed by atoms with van der Waals surface area (Å²) in [4.78, 5) is 29.4. The van der Waals surface area contributed by atoms with Crippen molar-refractivity contribution in [3.05, 3.63) is 89.1 Å². The molecule has 6 heteroatoms. The Kier molecular flexibility index (Phi) is 6.04. The molecule has 0 unspecified atom stereocenters. The number of benzene rings is 2. The molecule has 1 heterocycles. The molecule has 0 saturated carbocycles. The van der Waals surface area contributed by atoms with E-state index in [0.717, 1.165) is 4.90 Å². The maximum absolute atomic E-state index is 12.4. The van der Waals surface area contributed by atoms with Gasteiger partial charge in [0, 0.05) is 16.0 Å². The minimum atomic E-state index is -0.281. The van der Waals surface area contributed by atoms with E-state index < -0.39 is 0 Å². The lowest BCUT2D eigenvalue weighted by Gasteiger charge is -2.07. The highest BCUT2D eigenvalue weighted by atomic mass is 35.5. The van der Waals surface area contributed by atoms with Crippen LogP contribution in [0.1, 0.15) is 20.7 Å². The minimum absolute atomic E-state index is 0.0496. The van der Waals surface area contributed by atoms with Crippen molar-refractivity contribution >= 4 is 40.9 Å². The first-order valence-electron chi connectivity index (χ1n) is 7.87. The van der Waals surface area contributed by atoms with Crippen LogP contribution in [0.25, 0.3) is 0 Å². The van der Waals surface area contributed by atoms with Crippen molar-refractivity contribution < 1.29 is 9.59 Å². The van der Waals surface area contributed by atoms with E-state index in [1.54, 1.807) is 48.5 Å². The first-order valence-corrected chi connectivity index (χ1v) is 9.23. The van der Waals surface area contributed by atoms with Gasteiger partial charge in [-0.25, -0.2) is 4.98 Å². The maximum atomic E-state index is 12.4. The Balaban J connectivity index is 1.64. The van der Waals surface area contributed by atoms with Gasteiger partial charge in [-0.3, -0.25) is 9.59 Å². The van der Waals surface area contributed by atoms with E-state index in [4.69, 9.17) is 11.6 Å². The third-order valence-electron chi connectivity index (χ3n) is 3.52. The molecular weight excluding hydrogens is 368 g/mol. The number of halogens is 1. The summed E-state index contributed by atoms with van der Waals surface area (Å²) >= 11 is 7.22. The van der Waals surface area contributed by atoms with Crippen LogP contribution in [0.15, 0.2) is 77.7 Å². The van der Waals surface area contributed by atoms with Crippen LogP contribution in [-0.2, 0) is 0 Å². The Morgan fingerprint density at radius 2 is 1.65 bits per heavy atom. The molecule has 2 aromatic carbocycles. The van der Waals surface area contributed by atoms with Crippen molar-refractivity contribution in [2.75, 3.05) is 11.1 Å². The number of Topliss-reactive ketones (excluding diaryl/α,β-unsaturated/α-hetero) is 1. The lowest BCUT2D eigenvalue weighted by Crippen LogP contribution is -2.13. The zero-order valence-electron chi connectivity index (χ0n) is 13.7. The zero-order valence-corrected chi connectivity index (χ0v) is 15.3. The van der Waals surface area contributed by atoms with Crippen molar-refractivity contribution in [3.8, 4) is 0 Å². The number of rotatable bonds is 6. The lowest BCUT2D eigenvalue weighted by molar-refractivity contribution is 0.101. The molecule has 1 aromatic heterocycles. The zero-order chi connectivity index (χ0) is 18.4. The number of carbonyl (C=O) groups excluding carboxylic acids is 2. The predicted molar refractivity (Wildman–Crippen MR) is 105 cm³/mol. The van der Waals surface area contributed by atoms with Gasteiger partial charge in [0.2, 0.25) is 0 Å². The van der Waals surface area contributed by atoms with E-state index in [2.05, 4.69) is 10.3 Å². The Morgan fingerprint density at radius 1 is 0.923 bits per heavy atom. The fourth-order valence-corrected chi connectivity index (χ4v) is 3.26. The number of amides is 1. The van der Waals surface area contributed by atoms with Gasteiger partial charge in [-0.1, -0.05) is 54.1 Å². The summed E-state index contributed by atoms with van der Waals surface area (Å²) in [5.74, 6) is 0.468. The highest BCUT2D eigenvalue weighted by Crippen LogP contribution is 2.21. The number of thioether (sulfide) groups is 1.